The summed E-state index contributed by atoms with van der Waals surface area (Å²) in [4.78, 5) is 10.9. The first-order chi connectivity index (χ1) is 10.9. The van der Waals surface area contributed by atoms with Crippen molar-refractivity contribution in [2.24, 2.45) is 0 Å². The molecule has 0 aliphatic rings. The number of hydrogen-bond donors (Lipinski definition) is 0. The number of ether oxygens (including phenoxy) is 4. The second-order valence-electron chi connectivity index (χ2n) is 4.95. The molecule has 0 saturated heterocycles. The van der Waals surface area contributed by atoms with Crippen LogP contribution in [0.3, 0.4) is 0 Å². The summed E-state index contributed by atoms with van der Waals surface area (Å²) < 4.78 is 19.0. The van der Waals surface area contributed by atoms with E-state index in [1.54, 1.807) is 6.92 Å². The van der Waals surface area contributed by atoms with Crippen LogP contribution in [0, 0.1) is 0 Å². The summed E-state index contributed by atoms with van der Waals surface area (Å²) in [6.45, 7) is 3.71. The Balaban J connectivity index is 0.000000515. The van der Waals surface area contributed by atoms with E-state index in [9.17, 15) is 4.79 Å². The second kappa shape index (κ2) is 11.8. The van der Waals surface area contributed by atoms with Gasteiger partial charge in [-0.3, -0.25) is 4.79 Å². The fraction of sp³-hybridized carbons (Fsp3) is 0.500. The Labute approximate surface area is 139 Å². The Morgan fingerprint density at radius 1 is 1.00 bits per heavy atom. The summed E-state index contributed by atoms with van der Waals surface area (Å²) in [6.07, 6.45) is 3.29. The SMILES string of the molecule is COC(=O)CCC(C)=Cc1ccccc1.COC(C)(OC)OC. The molecule has 23 heavy (non-hydrogen) atoms. The molecule has 1 aromatic rings. The van der Waals surface area contributed by atoms with Crippen molar-refractivity contribution in [1.29, 1.82) is 0 Å². The van der Waals surface area contributed by atoms with E-state index in [4.69, 9.17) is 14.2 Å². The Hall–Kier alpha value is -1.69. The number of hydrogen-bond acceptors (Lipinski definition) is 5. The number of carbonyl (C=O) groups excluding carboxylic acids is 1. The Bertz CT molecular complexity index is 455. The highest BCUT2D eigenvalue weighted by molar-refractivity contribution is 5.69. The monoisotopic (exact) mass is 324 g/mol. The Kier molecular flexibility index (Phi) is 11.0. The van der Waals surface area contributed by atoms with Crippen LogP contribution in [0.5, 0.6) is 0 Å². The minimum absolute atomic E-state index is 0.157. The van der Waals surface area contributed by atoms with Crippen molar-refractivity contribution in [2.75, 3.05) is 28.4 Å². The third-order valence-electron chi connectivity index (χ3n) is 3.28. The largest absolute Gasteiger partial charge is 0.469 e. The molecule has 0 heterocycles. The van der Waals surface area contributed by atoms with E-state index in [1.165, 1.54) is 39.6 Å². The van der Waals surface area contributed by atoms with Crippen LogP contribution in [-0.2, 0) is 23.7 Å². The van der Waals surface area contributed by atoms with Gasteiger partial charge in [0.25, 0.3) is 5.97 Å². The van der Waals surface area contributed by atoms with Crippen molar-refractivity contribution in [3.05, 3.63) is 41.5 Å². The molecule has 1 rings (SSSR count). The molecule has 0 amide bonds. The number of esters is 1. The van der Waals surface area contributed by atoms with Gasteiger partial charge in [0.05, 0.1) is 7.11 Å². The van der Waals surface area contributed by atoms with Gasteiger partial charge < -0.3 is 18.9 Å². The molecule has 1 aromatic carbocycles. The van der Waals surface area contributed by atoms with Gasteiger partial charge in [-0.05, 0) is 18.9 Å². The maximum Gasteiger partial charge on any atom is 0.305 e. The first-order valence-corrected chi connectivity index (χ1v) is 7.35. The summed E-state index contributed by atoms with van der Waals surface area (Å²) >= 11 is 0. The van der Waals surface area contributed by atoms with Gasteiger partial charge in [-0.2, -0.15) is 0 Å². The van der Waals surface area contributed by atoms with Crippen LogP contribution >= 0.6 is 0 Å². The van der Waals surface area contributed by atoms with Gasteiger partial charge in [0.2, 0.25) is 0 Å². The van der Waals surface area contributed by atoms with Crippen molar-refractivity contribution in [3.8, 4) is 0 Å². The number of rotatable bonds is 7. The van der Waals surface area contributed by atoms with E-state index >= 15 is 0 Å². The summed E-state index contributed by atoms with van der Waals surface area (Å²) in [7, 11) is 5.98. The van der Waals surface area contributed by atoms with Crippen molar-refractivity contribution in [3.63, 3.8) is 0 Å². The molecule has 0 radical (unpaired) electrons. The lowest BCUT2D eigenvalue weighted by atomic mass is 10.1. The minimum atomic E-state index is -0.875. The van der Waals surface area contributed by atoms with Crippen LogP contribution < -0.4 is 0 Å². The molecular weight excluding hydrogens is 296 g/mol. The predicted octanol–water partition coefficient (Wildman–Crippen LogP) is 3.64. The van der Waals surface area contributed by atoms with E-state index < -0.39 is 5.97 Å². The molecular formula is C18H28O5. The van der Waals surface area contributed by atoms with Gasteiger partial charge in [-0.15, -0.1) is 0 Å². The predicted molar refractivity (Wildman–Crippen MR) is 90.8 cm³/mol. The van der Waals surface area contributed by atoms with Crippen LogP contribution in [0.4, 0.5) is 0 Å². The van der Waals surface area contributed by atoms with Gasteiger partial charge in [-0.25, -0.2) is 0 Å². The summed E-state index contributed by atoms with van der Waals surface area (Å²) in [5.74, 6) is -1.03. The molecule has 5 nitrogen and oxygen atoms in total. The Morgan fingerprint density at radius 3 is 1.91 bits per heavy atom. The van der Waals surface area contributed by atoms with Crippen molar-refractivity contribution < 1.29 is 23.7 Å². The molecule has 0 spiro atoms. The van der Waals surface area contributed by atoms with E-state index in [2.05, 4.69) is 10.8 Å². The molecule has 0 aromatic heterocycles. The fourth-order valence-electron chi connectivity index (χ4n) is 1.56. The zero-order chi connectivity index (χ0) is 17.7. The average molecular weight is 324 g/mol. The molecule has 0 fully saturated rings. The lowest BCUT2D eigenvalue weighted by molar-refractivity contribution is -0.340. The van der Waals surface area contributed by atoms with Crippen LogP contribution in [-0.4, -0.2) is 40.4 Å². The maximum atomic E-state index is 10.9. The number of carbonyl (C=O) groups is 1. The fourth-order valence-corrected chi connectivity index (χ4v) is 1.56. The van der Waals surface area contributed by atoms with Crippen LogP contribution in [0.2, 0.25) is 0 Å². The smallest absolute Gasteiger partial charge is 0.305 e. The Morgan fingerprint density at radius 2 is 1.52 bits per heavy atom. The zero-order valence-electron chi connectivity index (χ0n) is 14.9. The minimum Gasteiger partial charge on any atom is -0.469 e. The first kappa shape index (κ1) is 21.3. The van der Waals surface area contributed by atoms with Crippen LogP contribution in [0.25, 0.3) is 6.08 Å². The third-order valence-corrected chi connectivity index (χ3v) is 3.28. The molecule has 0 aliphatic carbocycles. The topological polar surface area (TPSA) is 54.0 Å². The molecule has 0 atom stereocenters. The van der Waals surface area contributed by atoms with Gasteiger partial charge >= 0.3 is 5.97 Å². The normalized spacial score (nSPS) is 11.5. The van der Waals surface area contributed by atoms with E-state index in [1.807, 2.05) is 37.3 Å². The standard InChI is InChI=1S/C13H16O2.C5H12O3/c1-11(8-9-13(14)15-2)10-12-6-4-3-5-7-12;1-5(6-2,7-3)8-4/h3-7,10H,8-9H2,1-2H3;1-4H3. The van der Waals surface area contributed by atoms with Gasteiger partial charge in [0.1, 0.15) is 0 Å². The zero-order valence-corrected chi connectivity index (χ0v) is 14.9. The van der Waals surface area contributed by atoms with E-state index in [0.29, 0.717) is 6.42 Å². The number of allylic oxidation sites excluding steroid dienone is 1. The lowest BCUT2D eigenvalue weighted by Gasteiger charge is -2.23. The third kappa shape index (κ3) is 9.84. The van der Waals surface area contributed by atoms with Crippen LogP contribution in [0.1, 0.15) is 32.3 Å². The van der Waals surface area contributed by atoms with Crippen molar-refractivity contribution >= 4 is 12.0 Å². The molecule has 0 bridgehead atoms. The summed E-state index contributed by atoms with van der Waals surface area (Å²) in [5, 5.41) is 0. The van der Waals surface area contributed by atoms with E-state index in [0.717, 1.165) is 6.42 Å². The van der Waals surface area contributed by atoms with Gasteiger partial charge in [0.15, 0.2) is 0 Å². The molecule has 0 aliphatic heterocycles. The van der Waals surface area contributed by atoms with Gasteiger partial charge in [-0.1, -0.05) is 42.0 Å². The number of benzene rings is 1. The quantitative estimate of drug-likeness (QED) is 0.566. The highest BCUT2D eigenvalue weighted by Gasteiger charge is 2.20. The lowest BCUT2D eigenvalue weighted by Crippen LogP contribution is -2.31. The van der Waals surface area contributed by atoms with E-state index in [-0.39, 0.29) is 5.97 Å². The highest BCUT2D eigenvalue weighted by Crippen LogP contribution is 2.11. The molecule has 130 valence electrons. The molecule has 0 N–H and O–H groups in total. The molecule has 0 unspecified atom stereocenters. The summed E-state index contributed by atoms with van der Waals surface area (Å²) in [5.41, 5.74) is 2.35. The summed E-state index contributed by atoms with van der Waals surface area (Å²) in [6, 6.07) is 10.1. The van der Waals surface area contributed by atoms with Crippen molar-refractivity contribution in [1.82, 2.24) is 0 Å². The average Bonchev–Trinajstić information content (AvgIpc) is 2.60. The van der Waals surface area contributed by atoms with Crippen molar-refractivity contribution in [2.45, 2.75) is 32.7 Å². The number of methoxy groups -OCH3 is 4. The maximum absolute atomic E-state index is 10.9. The first-order valence-electron chi connectivity index (χ1n) is 7.35. The molecule has 0 saturated carbocycles. The second-order valence-corrected chi connectivity index (χ2v) is 4.95. The molecule has 5 heteroatoms. The van der Waals surface area contributed by atoms with Crippen LogP contribution in [0.15, 0.2) is 35.9 Å². The highest BCUT2D eigenvalue weighted by atomic mass is 16.9. The van der Waals surface area contributed by atoms with Gasteiger partial charge in [0, 0.05) is 34.7 Å².